The Bertz CT molecular complexity index is 2140. The average molecular weight is 696 g/mol. The molecule has 2 aromatic heterocycles. The van der Waals surface area contributed by atoms with Crippen LogP contribution >= 0.6 is 11.6 Å². The van der Waals surface area contributed by atoms with E-state index in [-0.39, 0.29) is 62.7 Å². The van der Waals surface area contributed by atoms with E-state index in [1.807, 2.05) is 0 Å². The molecule has 0 aliphatic carbocycles. The number of nitrogens with one attached hydrogen (secondary N) is 1. The summed E-state index contributed by atoms with van der Waals surface area (Å²) in [5, 5.41) is 22.2. The number of aliphatic hydroxyl groups is 1. The highest BCUT2D eigenvalue weighted by Gasteiger charge is 2.46. The molecule has 2 atom stereocenters. The molecule has 0 unspecified atom stereocenters. The number of carbonyl (C=O) groups excluding carboxylic acids is 2. The molecule has 0 radical (unpaired) electrons. The van der Waals surface area contributed by atoms with Gasteiger partial charge in [0.2, 0.25) is 5.91 Å². The van der Waals surface area contributed by atoms with Crippen LogP contribution < -0.4 is 20.5 Å². The number of hydrogen-bond donors (Lipinski definition) is 3. The first-order valence-corrected chi connectivity index (χ1v) is 15.0. The van der Waals surface area contributed by atoms with Gasteiger partial charge in [0.05, 0.1) is 24.4 Å². The van der Waals surface area contributed by atoms with Crippen LogP contribution in [0.5, 0.6) is 11.5 Å². The number of pyridine rings is 1. The van der Waals surface area contributed by atoms with Crippen molar-refractivity contribution in [3.05, 3.63) is 111 Å². The third kappa shape index (κ3) is 5.86. The molecule has 5 aromatic rings. The van der Waals surface area contributed by atoms with Crippen molar-refractivity contribution in [1.29, 1.82) is 0 Å². The molecule has 0 saturated heterocycles. The number of fused-ring (bicyclic) bond motifs is 2. The molecule has 0 saturated carbocycles. The molecule has 252 valence electrons. The normalized spacial score (nSPS) is 16.6. The number of alkyl halides is 2. The number of carbonyl (C=O) groups is 2. The maximum atomic E-state index is 15.3. The van der Waals surface area contributed by atoms with Crippen LogP contribution in [0.15, 0.2) is 66.7 Å². The van der Waals surface area contributed by atoms with Crippen LogP contribution in [0.1, 0.15) is 46.2 Å². The fourth-order valence-corrected chi connectivity index (χ4v) is 5.75. The lowest BCUT2D eigenvalue weighted by Crippen LogP contribution is -2.43. The van der Waals surface area contributed by atoms with Crippen molar-refractivity contribution >= 4 is 34.3 Å². The number of primary amides is 1. The standard InChI is InChI=1S/C34H26ClF4N5O5/c1-33(32(40)46)15-49-29-20(33)12-26(42-28(29)19-11-21(35)23(37)13-22(19)36)34(47,18-6-4-3-5-7-18)14-41-31(45)17-8-16-9-24(30(38)39)43-44-27(16)25(10-17)48-2/h3-13,30,47H,14-15H2,1-2H3,(H2,40,46)(H,41,45)/t33-,34+/m0/s1. The summed E-state index contributed by atoms with van der Waals surface area (Å²) < 4.78 is 67.3. The molecule has 1 aliphatic rings. The first-order valence-electron chi connectivity index (χ1n) is 14.6. The summed E-state index contributed by atoms with van der Waals surface area (Å²) in [6, 6.07) is 14.7. The van der Waals surface area contributed by atoms with Gasteiger partial charge in [0.1, 0.15) is 57.7 Å². The van der Waals surface area contributed by atoms with E-state index in [4.69, 9.17) is 26.8 Å². The predicted molar refractivity (Wildman–Crippen MR) is 169 cm³/mol. The van der Waals surface area contributed by atoms with Crippen LogP contribution in [0, 0.1) is 11.6 Å². The van der Waals surface area contributed by atoms with E-state index in [1.165, 1.54) is 32.2 Å². The Balaban J connectivity index is 1.48. The Labute approximate surface area is 280 Å². The van der Waals surface area contributed by atoms with Crippen LogP contribution in [0.4, 0.5) is 17.6 Å². The van der Waals surface area contributed by atoms with Gasteiger partial charge in [-0.25, -0.2) is 22.5 Å². The SMILES string of the molecule is COc1cc(C(=O)NC[C@@](O)(c2ccccc2)c2cc3c(c(-c4cc(Cl)c(F)cc4F)n2)OC[C@]3(C)C(N)=O)cc2cc(C(F)F)nnc12. The number of nitrogens with zero attached hydrogens (tertiary/aromatic N) is 3. The van der Waals surface area contributed by atoms with Crippen molar-refractivity contribution in [3.63, 3.8) is 0 Å². The van der Waals surface area contributed by atoms with Crippen molar-refractivity contribution in [2.45, 2.75) is 24.4 Å². The van der Waals surface area contributed by atoms with Gasteiger partial charge in [-0.15, -0.1) is 10.2 Å². The number of aromatic nitrogens is 3. The molecule has 49 heavy (non-hydrogen) atoms. The summed E-state index contributed by atoms with van der Waals surface area (Å²) in [6.07, 6.45) is -2.91. The highest BCUT2D eigenvalue weighted by atomic mass is 35.5. The molecule has 0 spiro atoms. The van der Waals surface area contributed by atoms with Crippen molar-refractivity contribution in [1.82, 2.24) is 20.5 Å². The molecule has 15 heteroatoms. The second-order valence-corrected chi connectivity index (χ2v) is 12.0. The molecule has 2 amide bonds. The maximum absolute atomic E-state index is 15.3. The smallest absolute Gasteiger partial charge is 0.282 e. The number of hydrogen-bond acceptors (Lipinski definition) is 8. The monoisotopic (exact) mass is 695 g/mol. The number of halogens is 5. The largest absolute Gasteiger partial charge is 0.494 e. The van der Waals surface area contributed by atoms with E-state index in [9.17, 15) is 27.9 Å². The van der Waals surface area contributed by atoms with Gasteiger partial charge in [0, 0.05) is 28.1 Å². The quantitative estimate of drug-likeness (QED) is 0.138. The van der Waals surface area contributed by atoms with Gasteiger partial charge in [-0.2, -0.15) is 0 Å². The minimum atomic E-state index is -2.91. The maximum Gasteiger partial charge on any atom is 0.282 e. The Morgan fingerprint density at radius 3 is 2.51 bits per heavy atom. The summed E-state index contributed by atoms with van der Waals surface area (Å²) in [5.74, 6) is -3.54. The summed E-state index contributed by atoms with van der Waals surface area (Å²) in [4.78, 5) is 30.9. The minimum Gasteiger partial charge on any atom is -0.494 e. The molecular formula is C34H26ClF4N5O5. The Morgan fingerprint density at radius 1 is 1.10 bits per heavy atom. The van der Waals surface area contributed by atoms with E-state index in [0.717, 1.165) is 12.1 Å². The van der Waals surface area contributed by atoms with Crippen molar-refractivity contribution in [3.8, 4) is 22.8 Å². The molecule has 6 rings (SSSR count). The zero-order chi connectivity index (χ0) is 35.2. The van der Waals surface area contributed by atoms with Gasteiger partial charge in [-0.05, 0) is 42.8 Å². The Morgan fingerprint density at radius 2 is 1.84 bits per heavy atom. The lowest BCUT2D eigenvalue weighted by atomic mass is 9.80. The van der Waals surface area contributed by atoms with E-state index >= 15 is 4.39 Å². The first-order chi connectivity index (χ1) is 23.3. The third-order valence-corrected chi connectivity index (χ3v) is 8.73. The summed E-state index contributed by atoms with van der Waals surface area (Å²) >= 11 is 6.01. The molecular weight excluding hydrogens is 670 g/mol. The molecule has 1 aliphatic heterocycles. The highest BCUT2D eigenvalue weighted by Crippen LogP contribution is 2.47. The first kappa shape index (κ1) is 33.6. The summed E-state index contributed by atoms with van der Waals surface area (Å²) in [5.41, 5.74) is 1.44. The van der Waals surface area contributed by atoms with Crippen LogP contribution in [-0.4, -0.2) is 52.4 Å². The Hall–Kier alpha value is -5.34. The predicted octanol–water partition coefficient (Wildman–Crippen LogP) is 5.37. The molecule has 0 fully saturated rings. The van der Waals surface area contributed by atoms with Crippen molar-refractivity contribution < 1.29 is 41.7 Å². The zero-order valence-corrected chi connectivity index (χ0v) is 26.5. The topological polar surface area (TPSA) is 150 Å². The van der Waals surface area contributed by atoms with Gasteiger partial charge in [0.25, 0.3) is 12.3 Å². The van der Waals surface area contributed by atoms with E-state index in [1.54, 1.807) is 30.3 Å². The third-order valence-electron chi connectivity index (χ3n) is 8.44. The molecule has 3 heterocycles. The van der Waals surface area contributed by atoms with E-state index in [0.29, 0.717) is 6.07 Å². The minimum absolute atomic E-state index is 0.0201. The second kappa shape index (κ2) is 12.6. The second-order valence-electron chi connectivity index (χ2n) is 11.6. The molecule has 10 nitrogen and oxygen atoms in total. The fourth-order valence-electron chi connectivity index (χ4n) is 5.59. The number of ether oxygens (including phenoxy) is 2. The zero-order valence-electron chi connectivity index (χ0n) is 25.7. The number of nitrogens with two attached hydrogens (primary N) is 1. The average Bonchev–Trinajstić information content (AvgIpc) is 3.45. The van der Waals surface area contributed by atoms with Crippen LogP contribution in [0.25, 0.3) is 22.2 Å². The lowest BCUT2D eigenvalue weighted by molar-refractivity contribution is -0.123. The van der Waals surface area contributed by atoms with Crippen LogP contribution in [-0.2, 0) is 15.8 Å². The number of amides is 2. The van der Waals surface area contributed by atoms with E-state index in [2.05, 4.69) is 20.5 Å². The van der Waals surface area contributed by atoms with E-state index < -0.39 is 58.2 Å². The van der Waals surface area contributed by atoms with Gasteiger partial charge in [0.15, 0.2) is 0 Å². The summed E-state index contributed by atoms with van der Waals surface area (Å²) in [6.45, 7) is 0.719. The fraction of sp³-hybridized carbons (Fsp3) is 0.206. The molecule has 3 aromatic carbocycles. The van der Waals surface area contributed by atoms with Gasteiger partial charge < -0.3 is 25.6 Å². The van der Waals surface area contributed by atoms with Crippen molar-refractivity contribution in [2.24, 2.45) is 5.73 Å². The number of benzene rings is 3. The summed E-state index contributed by atoms with van der Waals surface area (Å²) in [7, 11) is 1.31. The van der Waals surface area contributed by atoms with Crippen LogP contribution in [0.2, 0.25) is 5.02 Å². The Kier molecular flexibility index (Phi) is 8.63. The van der Waals surface area contributed by atoms with Crippen LogP contribution in [0.3, 0.4) is 0 Å². The lowest BCUT2D eigenvalue weighted by Gasteiger charge is -2.30. The molecule has 4 N–H and O–H groups in total. The van der Waals surface area contributed by atoms with Gasteiger partial charge >= 0.3 is 0 Å². The van der Waals surface area contributed by atoms with Crippen molar-refractivity contribution in [2.75, 3.05) is 20.3 Å². The van der Waals surface area contributed by atoms with Gasteiger partial charge in [-0.3, -0.25) is 9.59 Å². The highest BCUT2D eigenvalue weighted by molar-refractivity contribution is 6.31. The number of methoxy groups -OCH3 is 1. The number of rotatable bonds is 9. The molecule has 0 bridgehead atoms. The van der Waals surface area contributed by atoms with Gasteiger partial charge in [-0.1, -0.05) is 41.9 Å².